The molecule has 2 rings (SSSR count). The van der Waals surface area contributed by atoms with E-state index in [0.29, 0.717) is 0 Å². The number of rotatable bonds is 6. The van der Waals surface area contributed by atoms with Crippen molar-refractivity contribution >= 4 is 5.69 Å². The summed E-state index contributed by atoms with van der Waals surface area (Å²) in [5, 5.41) is 9.53. The maximum absolute atomic E-state index is 9.53. The second kappa shape index (κ2) is 6.99. The Morgan fingerprint density at radius 3 is 2.65 bits per heavy atom. The van der Waals surface area contributed by atoms with Crippen LogP contribution in [-0.4, -0.2) is 53.2 Å². The van der Waals surface area contributed by atoms with Crippen LogP contribution < -0.4 is 4.90 Å². The standard InChI is InChI=1S/C15H26N4O/c1-12(2)15-16-10-14(13(11-20)17-15)18(3)8-9-19-6-4-5-7-19/h10,12,20H,4-9,11H2,1-3H3. The van der Waals surface area contributed by atoms with Crippen LogP contribution in [0.25, 0.3) is 0 Å². The molecular formula is C15H26N4O. The lowest BCUT2D eigenvalue weighted by Gasteiger charge is -2.24. The summed E-state index contributed by atoms with van der Waals surface area (Å²) in [4.78, 5) is 13.5. The highest BCUT2D eigenvalue weighted by Crippen LogP contribution is 2.19. The van der Waals surface area contributed by atoms with Gasteiger partial charge in [-0.05, 0) is 25.9 Å². The minimum absolute atomic E-state index is 0.0361. The van der Waals surface area contributed by atoms with E-state index in [1.165, 1.54) is 25.9 Å². The molecule has 1 aliphatic rings. The van der Waals surface area contributed by atoms with Crippen LogP contribution >= 0.6 is 0 Å². The van der Waals surface area contributed by atoms with Crippen molar-refractivity contribution in [2.24, 2.45) is 0 Å². The largest absolute Gasteiger partial charge is 0.390 e. The highest BCUT2D eigenvalue weighted by Gasteiger charge is 2.15. The Morgan fingerprint density at radius 1 is 1.35 bits per heavy atom. The molecule has 0 amide bonds. The molecule has 20 heavy (non-hydrogen) atoms. The van der Waals surface area contributed by atoms with E-state index in [-0.39, 0.29) is 12.5 Å². The minimum Gasteiger partial charge on any atom is -0.390 e. The normalized spacial score (nSPS) is 16.1. The van der Waals surface area contributed by atoms with Gasteiger partial charge in [-0.15, -0.1) is 0 Å². The molecule has 112 valence electrons. The first-order valence-electron chi connectivity index (χ1n) is 7.52. The number of hydrogen-bond acceptors (Lipinski definition) is 5. The Bertz CT molecular complexity index is 430. The summed E-state index contributed by atoms with van der Waals surface area (Å²) in [6.07, 6.45) is 4.48. The number of nitrogens with zero attached hydrogens (tertiary/aromatic N) is 4. The highest BCUT2D eigenvalue weighted by atomic mass is 16.3. The highest BCUT2D eigenvalue weighted by molar-refractivity contribution is 5.48. The Labute approximate surface area is 121 Å². The van der Waals surface area contributed by atoms with Crippen molar-refractivity contribution in [3.8, 4) is 0 Å². The van der Waals surface area contributed by atoms with Gasteiger partial charge >= 0.3 is 0 Å². The lowest BCUT2D eigenvalue weighted by molar-refractivity contribution is 0.276. The average molecular weight is 278 g/mol. The molecule has 0 atom stereocenters. The van der Waals surface area contributed by atoms with Crippen LogP contribution in [0.1, 0.15) is 44.1 Å². The summed E-state index contributed by atoms with van der Waals surface area (Å²) in [5.74, 6) is 1.08. The molecule has 0 spiro atoms. The summed E-state index contributed by atoms with van der Waals surface area (Å²) in [6.45, 7) is 8.52. The number of aliphatic hydroxyl groups excluding tert-OH is 1. The van der Waals surface area contributed by atoms with E-state index < -0.39 is 0 Å². The Morgan fingerprint density at radius 2 is 2.05 bits per heavy atom. The first kappa shape index (κ1) is 15.2. The number of likely N-dealkylation sites (N-methyl/N-ethyl adjacent to an activating group) is 1. The smallest absolute Gasteiger partial charge is 0.131 e. The van der Waals surface area contributed by atoms with Gasteiger partial charge in [0.2, 0.25) is 0 Å². The molecule has 1 aliphatic heterocycles. The molecule has 5 nitrogen and oxygen atoms in total. The maximum atomic E-state index is 9.53. The van der Waals surface area contributed by atoms with E-state index in [1.54, 1.807) is 0 Å². The van der Waals surface area contributed by atoms with Gasteiger partial charge < -0.3 is 14.9 Å². The van der Waals surface area contributed by atoms with Crippen molar-refractivity contribution < 1.29 is 5.11 Å². The summed E-state index contributed by atoms with van der Waals surface area (Å²) in [6, 6.07) is 0. The monoisotopic (exact) mass is 278 g/mol. The van der Waals surface area contributed by atoms with Gasteiger partial charge in [0.25, 0.3) is 0 Å². The zero-order valence-corrected chi connectivity index (χ0v) is 12.8. The Balaban J connectivity index is 2.02. The summed E-state index contributed by atoms with van der Waals surface area (Å²) < 4.78 is 0. The molecule has 1 N–H and O–H groups in total. The number of likely N-dealkylation sites (tertiary alicyclic amines) is 1. The molecule has 0 aliphatic carbocycles. The predicted molar refractivity (Wildman–Crippen MR) is 81.0 cm³/mol. The van der Waals surface area contributed by atoms with Gasteiger partial charge in [-0.2, -0.15) is 0 Å². The third kappa shape index (κ3) is 3.67. The quantitative estimate of drug-likeness (QED) is 0.857. The van der Waals surface area contributed by atoms with Crippen molar-refractivity contribution in [1.82, 2.24) is 14.9 Å². The van der Waals surface area contributed by atoms with Crippen molar-refractivity contribution in [1.29, 1.82) is 0 Å². The zero-order chi connectivity index (χ0) is 14.5. The second-order valence-corrected chi connectivity index (χ2v) is 5.84. The van der Waals surface area contributed by atoms with Gasteiger partial charge in [0, 0.05) is 26.1 Å². The fourth-order valence-corrected chi connectivity index (χ4v) is 2.56. The molecule has 0 unspecified atom stereocenters. The van der Waals surface area contributed by atoms with E-state index in [1.807, 2.05) is 13.2 Å². The summed E-state index contributed by atoms with van der Waals surface area (Å²) >= 11 is 0. The van der Waals surface area contributed by atoms with Crippen LogP contribution in [0.2, 0.25) is 0 Å². The van der Waals surface area contributed by atoms with Gasteiger partial charge in [-0.1, -0.05) is 13.8 Å². The van der Waals surface area contributed by atoms with Crippen LogP contribution in [-0.2, 0) is 6.61 Å². The lowest BCUT2D eigenvalue weighted by atomic mass is 10.2. The number of hydrogen-bond donors (Lipinski definition) is 1. The van der Waals surface area contributed by atoms with Gasteiger partial charge in [-0.25, -0.2) is 9.97 Å². The lowest BCUT2D eigenvalue weighted by Crippen LogP contribution is -2.32. The third-order valence-electron chi connectivity index (χ3n) is 3.89. The minimum atomic E-state index is -0.0361. The number of anilines is 1. The van der Waals surface area contributed by atoms with Gasteiger partial charge in [0.05, 0.1) is 24.2 Å². The molecule has 5 heteroatoms. The molecule has 0 radical (unpaired) electrons. The van der Waals surface area contributed by atoms with Crippen LogP contribution in [0.15, 0.2) is 6.20 Å². The van der Waals surface area contributed by atoms with Crippen LogP contribution in [0.4, 0.5) is 5.69 Å². The molecule has 1 aromatic heterocycles. The first-order chi connectivity index (χ1) is 9.61. The molecule has 0 aromatic carbocycles. The fraction of sp³-hybridized carbons (Fsp3) is 0.733. The topological polar surface area (TPSA) is 52.5 Å². The van der Waals surface area contributed by atoms with Gasteiger partial charge in [0.1, 0.15) is 5.82 Å². The predicted octanol–water partition coefficient (Wildman–Crippen LogP) is 1.62. The molecule has 2 heterocycles. The SMILES string of the molecule is CC(C)c1ncc(N(C)CCN2CCCC2)c(CO)n1. The molecule has 1 aromatic rings. The molecular weight excluding hydrogens is 252 g/mol. The third-order valence-corrected chi connectivity index (χ3v) is 3.89. The Kier molecular flexibility index (Phi) is 5.31. The molecule has 0 saturated carbocycles. The number of aromatic nitrogens is 2. The van der Waals surface area contributed by atoms with Crippen molar-refractivity contribution in [2.75, 3.05) is 38.1 Å². The van der Waals surface area contributed by atoms with Gasteiger partial charge in [0.15, 0.2) is 0 Å². The van der Waals surface area contributed by atoms with Crippen molar-refractivity contribution in [2.45, 2.75) is 39.2 Å². The average Bonchev–Trinajstić information content (AvgIpc) is 2.97. The summed E-state index contributed by atoms with van der Waals surface area (Å²) in [5.41, 5.74) is 1.67. The van der Waals surface area contributed by atoms with E-state index in [9.17, 15) is 5.11 Å². The maximum Gasteiger partial charge on any atom is 0.131 e. The molecule has 1 fully saturated rings. The second-order valence-electron chi connectivity index (χ2n) is 5.84. The van der Waals surface area contributed by atoms with Gasteiger partial charge in [-0.3, -0.25) is 0 Å². The van der Waals surface area contributed by atoms with Crippen molar-refractivity contribution in [3.63, 3.8) is 0 Å². The van der Waals surface area contributed by atoms with Crippen LogP contribution in [0.3, 0.4) is 0 Å². The van der Waals surface area contributed by atoms with E-state index in [0.717, 1.165) is 30.3 Å². The van der Waals surface area contributed by atoms with E-state index in [2.05, 4.69) is 33.6 Å². The Hall–Kier alpha value is -1.20. The summed E-state index contributed by atoms with van der Waals surface area (Å²) in [7, 11) is 2.04. The van der Waals surface area contributed by atoms with E-state index >= 15 is 0 Å². The van der Waals surface area contributed by atoms with Crippen LogP contribution in [0, 0.1) is 0 Å². The molecule has 0 bridgehead atoms. The fourth-order valence-electron chi connectivity index (χ4n) is 2.56. The van der Waals surface area contributed by atoms with E-state index in [4.69, 9.17) is 0 Å². The van der Waals surface area contributed by atoms with Crippen LogP contribution in [0.5, 0.6) is 0 Å². The molecule has 1 saturated heterocycles. The first-order valence-corrected chi connectivity index (χ1v) is 7.52. The number of aliphatic hydroxyl groups is 1. The zero-order valence-electron chi connectivity index (χ0n) is 12.8. The van der Waals surface area contributed by atoms with Crippen molar-refractivity contribution in [3.05, 3.63) is 17.7 Å².